The molecule has 82 valence electrons. The highest BCUT2D eigenvalue weighted by atomic mass is 14.7. The molecule has 0 unspecified atom stereocenters. The first-order chi connectivity index (χ1) is 7.66. The molecule has 2 nitrogen and oxygen atoms in total. The largest absolute Gasteiger partial charge is 0.399 e. The quantitative estimate of drug-likeness (QED) is 0.774. The lowest BCUT2D eigenvalue weighted by atomic mass is 10.0. The Morgan fingerprint density at radius 3 is 2.50 bits per heavy atom. The topological polar surface area (TPSA) is 38.9 Å². The van der Waals surface area contributed by atoms with Crippen LogP contribution in [0.5, 0.6) is 0 Å². The monoisotopic (exact) mass is 212 g/mol. The third-order valence-corrected chi connectivity index (χ3v) is 2.64. The minimum Gasteiger partial charge on any atom is -0.399 e. The zero-order valence-corrected chi connectivity index (χ0v) is 9.64. The van der Waals surface area contributed by atoms with Crippen LogP contribution in [-0.4, -0.2) is 4.98 Å². The number of anilines is 1. The van der Waals surface area contributed by atoms with Crippen molar-refractivity contribution in [2.24, 2.45) is 0 Å². The molecule has 0 atom stereocenters. The summed E-state index contributed by atoms with van der Waals surface area (Å²) in [6.45, 7) is 4.33. The SMILES string of the molecule is CC(C)c1ccc(-c2cccc(N)c2)nc1. The number of rotatable bonds is 2. The van der Waals surface area contributed by atoms with Gasteiger partial charge in [-0.3, -0.25) is 4.98 Å². The van der Waals surface area contributed by atoms with Crippen molar-refractivity contribution in [3.8, 4) is 11.3 Å². The van der Waals surface area contributed by atoms with Crippen LogP contribution in [0.2, 0.25) is 0 Å². The fourth-order valence-electron chi connectivity index (χ4n) is 1.62. The van der Waals surface area contributed by atoms with Crippen molar-refractivity contribution in [1.29, 1.82) is 0 Å². The zero-order chi connectivity index (χ0) is 11.5. The Balaban J connectivity index is 2.35. The smallest absolute Gasteiger partial charge is 0.0702 e. The van der Waals surface area contributed by atoms with Crippen LogP contribution in [-0.2, 0) is 0 Å². The fraction of sp³-hybridized carbons (Fsp3) is 0.214. The van der Waals surface area contributed by atoms with Gasteiger partial charge in [0.1, 0.15) is 0 Å². The molecule has 0 aliphatic carbocycles. The van der Waals surface area contributed by atoms with E-state index in [2.05, 4.69) is 24.9 Å². The normalized spacial score (nSPS) is 10.7. The van der Waals surface area contributed by atoms with E-state index in [1.807, 2.05) is 36.5 Å². The summed E-state index contributed by atoms with van der Waals surface area (Å²) in [6, 6.07) is 12.0. The highest BCUT2D eigenvalue weighted by molar-refractivity contribution is 5.63. The molecule has 1 aromatic carbocycles. The Hall–Kier alpha value is -1.83. The summed E-state index contributed by atoms with van der Waals surface area (Å²) in [7, 11) is 0. The van der Waals surface area contributed by atoms with Crippen LogP contribution in [0.25, 0.3) is 11.3 Å². The van der Waals surface area contributed by atoms with Crippen molar-refractivity contribution >= 4 is 5.69 Å². The van der Waals surface area contributed by atoms with Crippen molar-refractivity contribution in [2.75, 3.05) is 5.73 Å². The standard InChI is InChI=1S/C14H16N2/c1-10(2)12-6-7-14(16-9-12)11-4-3-5-13(15)8-11/h3-10H,15H2,1-2H3. The first-order valence-electron chi connectivity index (χ1n) is 5.48. The summed E-state index contributed by atoms with van der Waals surface area (Å²) in [5.74, 6) is 0.516. The Bertz CT molecular complexity index is 472. The molecule has 0 spiro atoms. The predicted octanol–water partition coefficient (Wildman–Crippen LogP) is 3.45. The Morgan fingerprint density at radius 2 is 1.94 bits per heavy atom. The molecule has 0 saturated carbocycles. The minimum atomic E-state index is 0.516. The van der Waals surface area contributed by atoms with Crippen LogP contribution in [0.3, 0.4) is 0 Å². The van der Waals surface area contributed by atoms with Crippen LogP contribution in [0.1, 0.15) is 25.3 Å². The highest BCUT2D eigenvalue weighted by Crippen LogP contribution is 2.21. The van der Waals surface area contributed by atoms with E-state index in [0.717, 1.165) is 16.9 Å². The maximum absolute atomic E-state index is 5.75. The van der Waals surface area contributed by atoms with Gasteiger partial charge in [-0.25, -0.2) is 0 Å². The molecule has 2 heteroatoms. The van der Waals surface area contributed by atoms with Crippen LogP contribution in [0, 0.1) is 0 Å². The summed E-state index contributed by atoms with van der Waals surface area (Å²) >= 11 is 0. The number of nitrogens with two attached hydrogens (primary N) is 1. The lowest BCUT2D eigenvalue weighted by Crippen LogP contribution is -1.91. The van der Waals surface area contributed by atoms with E-state index >= 15 is 0 Å². The van der Waals surface area contributed by atoms with Crippen molar-refractivity contribution < 1.29 is 0 Å². The van der Waals surface area contributed by atoms with Crippen LogP contribution in [0.15, 0.2) is 42.6 Å². The molecule has 1 aromatic heterocycles. The molecule has 0 radical (unpaired) electrons. The van der Waals surface area contributed by atoms with Gasteiger partial charge >= 0.3 is 0 Å². The van der Waals surface area contributed by atoms with E-state index in [1.165, 1.54) is 5.56 Å². The van der Waals surface area contributed by atoms with Crippen LogP contribution < -0.4 is 5.73 Å². The van der Waals surface area contributed by atoms with E-state index in [9.17, 15) is 0 Å². The summed E-state index contributed by atoms with van der Waals surface area (Å²) in [4.78, 5) is 4.46. The highest BCUT2D eigenvalue weighted by Gasteiger charge is 2.02. The van der Waals surface area contributed by atoms with Crippen LogP contribution >= 0.6 is 0 Å². The van der Waals surface area contributed by atoms with E-state index in [0.29, 0.717) is 5.92 Å². The lowest BCUT2D eigenvalue weighted by molar-refractivity contribution is 0.859. The molecule has 0 saturated heterocycles. The molecule has 0 bridgehead atoms. The maximum atomic E-state index is 5.75. The molecule has 2 rings (SSSR count). The number of hydrogen-bond donors (Lipinski definition) is 1. The van der Waals surface area contributed by atoms with E-state index in [-0.39, 0.29) is 0 Å². The summed E-state index contributed by atoms with van der Waals surface area (Å²) < 4.78 is 0. The van der Waals surface area contributed by atoms with Gasteiger partial charge in [0.15, 0.2) is 0 Å². The zero-order valence-electron chi connectivity index (χ0n) is 9.64. The molecule has 1 heterocycles. The number of benzene rings is 1. The molecule has 0 amide bonds. The Morgan fingerprint density at radius 1 is 1.12 bits per heavy atom. The summed E-state index contributed by atoms with van der Waals surface area (Å²) in [5.41, 5.74) is 9.81. The van der Waals surface area contributed by atoms with Gasteiger partial charge < -0.3 is 5.73 Å². The minimum absolute atomic E-state index is 0.516. The van der Waals surface area contributed by atoms with Gasteiger partial charge in [-0.2, -0.15) is 0 Å². The predicted molar refractivity (Wildman–Crippen MR) is 68.2 cm³/mol. The average molecular weight is 212 g/mol. The van der Waals surface area contributed by atoms with E-state index < -0.39 is 0 Å². The van der Waals surface area contributed by atoms with Gasteiger partial charge in [-0.15, -0.1) is 0 Å². The molecule has 0 aliphatic heterocycles. The van der Waals surface area contributed by atoms with Crippen molar-refractivity contribution in [3.63, 3.8) is 0 Å². The third-order valence-electron chi connectivity index (χ3n) is 2.64. The first-order valence-corrected chi connectivity index (χ1v) is 5.48. The van der Waals surface area contributed by atoms with Crippen molar-refractivity contribution in [2.45, 2.75) is 19.8 Å². The van der Waals surface area contributed by atoms with Gasteiger partial charge in [-0.1, -0.05) is 32.0 Å². The lowest BCUT2D eigenvalue weighted by Gasteiger charge is -2.06. The molecule has 2 aromatic rings. The number of pyridine rings is 1. The number of hydrogen-bond acceptors (Lipinski definition) is 2. The van der Waals surface area contributed by atoms with Gasteiger partial charge in [0.05, 0.1) is 5.69 Å². The number of nitrogens with zero attached hydrogens (tertiary/aromatic N) is 1. The Kier molecular flexibility index (Phi) is 2.91. The first kappa shape index (κ1) is 10.7. The maximum Gasteiger partial charge on any atom is 0.0702 e. The van der Waals surface area contributed by atoms with Crippen molar-refractivity contribution in [1.82, 2.24) is 4.98 Å². The molecular weight excluding hydrogens is 196 g/mol. The molecule has 16 heavy (non-hydrogen) atoms. The van der Waals surface area contributed by atoms with Gasteiger partial charge in [-0.05, 0) is 29.7 Å². The van der Waals surface area contributed by atoms with Crippen molar-refractivity contribution in [3.05, 3.63) is 48.2 Å². The Labute approximate surface area is 96.1 Å². The second kappa shape index (κ2) is 4.35. The number of aromatic nitrogens is 1. The second-order valence-electron chi connectivity index (χ2n) is 4.26. The number of nitrogen functional groups attached to an aromatic ring is 1. The second-order valence-corrected chi connectivity index (χ2v) is 4.26. The van der Waals surface area contributed by atoms with E-state index in [1.54, 1.807) is 0 Å². The van der Waals surface area contributed by atoms with E-state index in [4.69, 9.17) is 5.73 Å². The molecular formula is C14H16N2. The average Bonchev–Trinajstić information content (AvgIpc) is 2.29. The molecule has 2 N–H and O–H groups in total. The van der Waals surface area contributed by atoms with Crippen LogP contribution in [0.4, 0.5) is 5.69 Å². The van der Waals surface area contributed by atoms with Gasteiger partial charge in [0.25, 0.3) is 0 Å². The molecule has 0 aliphatic rings. The van der Waals surface area contributed by atoms with Gasteiger partial charge in [0, 0.05) is 17.4 Å². The summed E-state index contributed by atoms with van der Waals surface area (Å²) in [5, 5.41) is 0. The summed E-state index contributed by atoms with van der Waals surface area (Å²) in [6.07, 6.45) is 1.93. The molecule has 0 fully saturated rings. The third kappa shape index (κ3) is 2.22. The van der Waals surface area contributed by atoms with Gasteiger partial charge in [0.2, 0.25) is 0 Å². The fourth-order valence-corrected chi connectivity index (χ4v) is 1.62.